The van der Waals surface area contributed by atoms with Gasteiger partial charge in [0.05, 0.1) is 12.6 Å². The van der Waals surface area contributed by atoms with Crippen molar-refractivity contribution in [3.05, 3.63) is 24.1 Å². The lowest BCUT2D eigenvalue weighted by atomic mass is 10.2. The van der Waals surface area contributed by atoms with Crippen molar-refractivity contribution in [2.45, 2.75) is 39.0 Å². The number of aryl methyl sites for hydroxylation is 2. The van der Waals surface area contributed by atoms with E-state index in [1.165, 1.54) is 0 Å². The second-order valence-electron chi connectivity index (χ2n) is 5.97. The van der Waals surface area contributed by atoms with Crippen molar-refractivity contribution in [3.8, 4) is 0 Å². The van der Waals surface area contributed by atoms with E-state index in [2.05, 4.69) is 15.2 Å². The van der Waals surface area contributed by atoms with Gasteiger partial charge in [-0.2, -0.15) is 0 Å². The van der Waals surface area contributed by atoms with Crippen LogP contribution < -0.4 is 4.90 Å². The van der Waals surface area contributed by atoms with Crippen LogP contribution >= 0.6 is 0 Å². The molecule has 0 aliphatic carbocycles. The van der Waals surface area contributed by atoms with E-state index in [4.69, 9.17) is 4.42 Å². The normalized spacial score (nSPS) is 20.6. The molecule has 24 heavy (non-hydrogen) atoms. The van der Waals surface area contributed by atoms with E-state index < -0.39 is 6.17 Å². The van der Waals surface area contributed by atoms with Crippen molar-refractivity contribution < 1.29 is 13.6 Å². The molecule has 2 aromatic heterocycles. The molecule has 3 heterocycles. The highest BCUT2D eigenvalue weighted by Gasteiger charge is 2.36. The standard InChI is InChI=1S/C15H21FN6O2/c1-4-21-6-5-17-13(21)14(23)20(3)9-12-7-11(16)8-22(12)15-19-18-10(2)24-15/h5-6,11-12H,4,7-9H2,1-3H3/t11-,12-/m0/s1. The van der Waals surface area contributed by atoms with Crippen LogP contribution in [0.3, 0.4) is 0 Å². The van der Waals surface area contributed by atoms with Gasteiger partial charge in [0.25, 0.3) is 5.91 Å². The van der Waals surface area contributed by atoms with Crippen LogP contribution in [0.2, 0.25) is 0 Å². The SMILES string of the molecule is CCn1ccnc1C(=O)N(C)C[C@@H]1C[C@H](F)CN1c1nnc(C)o1. The molecule has 0 unspecified atom stereocenters. The molecular weight excluding hydrogens is 315 g/mol. The number of halogens is 1. The van der Waals surface area contributed by atoms with Crippen LogP contribution in [0, 0.1) is 6.92 Å². The number of hydrogen-bond donors (Lipinski definition) is 0. The summed E-state index contributed by atoms with van der Waals surface area (Å²) in [6, 6.07) is 0.0902. The summed E-state index contributed by atoms with van der Waals surface area (Å²) < 4.78 is 21.1. The second-order valence-corrected chi connectivity index (χ2v) is 5.97. The summed E-state index contributed by atoms with van der Waals surface area (Å²) in [5, 5.41) is 7.76. The minimum atomic E-state index is -0.983. The van der Waals surface area contributed by atoms with E-state index in [1.54, 1.807) is 40.7 Å². The number of likely N-dealkylation sites (N-methyl/N-ethyl adjacent to an activating group) is 1. The van der Waals surface area contributed by atoms with Crippen LogP contribution in [0.4, 0.5) is 10.4 Å². The summed E-state index contributed by atoms with van der Waals surface area (Å²) in [6.07, 6.45) is 2.71. The predicted molar refractivity (Wildman–Crippen MR) is 84.5 cm³/mol. The van der Waals surface area contributed by atoms with Gasteiger partial charge in [-0.25, -0.2) is 9.37 Å². The van der Waals surface area contributed by atoms with E-state index in [-0.39, 0.29) is 18.5 Å². The van der Waals surface area contributed by atoms with E-state index in [1.807, 2.05) is 6.92 Å². The third-order valence-electron chi connectivity index (χ3n) is 4.20. The maximum Gasteiger partial charge on any atom is 0.318 e. The van der Waals surface area contributed by atoms with Gasteiger partial charge < -0.3 is 18.8 Å². The Morgan fingerprint density at radius 3 is 2.96 bits per heavy atom. The molecule has 8 nitrogen and oxygen atoms in total. The molecule has 2 atom stereocenters. The fourth-order valence-corrected chi connectivity index (χ4v) is 3.00. The van der Waals surface area contributed by atoms with Crippen molar-refractivity contribution in [2.24, 2.45) is 0 Å². The molecular formula is C15H21FN6O2. The first kappa shape index (κ1) is 16.4. The van der Waals surface area contributed by atoms with Crippen LogP contribution in [-0.4, -0.2) is 62.9 Å². The fraction of sp³-hybridized carbons (Fsp3) is 0.600. The Morgan fingerprint density at radius 1 is 1.50 bits per heavy atom. The topological polar surface area (TPSA) is 80.3 Å². The summed E-state index contributed by atoms with van der Waals surface area (Å²) in [5.74, 6) is 0.626. The average molecular weight is 336 g/mol. The number of carbonyl (C=O) groups is 1. The van der Waals surface area contributed by atoms with Crippen LogP contribution in [0.25, 0.3) is 0 Å². The highest BCUT2D eigenvalue weighted by atomic mass is 19.1. The number of carbonyl (C=O) groups excluding carboxylic acids is 1. The second kappa shape index (κ2) is 6.58. The third-order valence-corrected chi connectivity index (χ3v) is 4.20. The minimum Gasteiger partial charge on any atom is -0.408 e. The smallest absolute Gasteiger partial charge is 0.318 e. The lowest BCUT2D eigenvalue weighted by Crippen LogP contribution is -2.42. The monoisotopic (exact) mass is 336 g/mol. The highest BCUT2D eigenvalue weighted by Crippen LogP contribution is 2.27. The van der Waals surface area contributed by atoms with Crippen molar-refractivity contribution in [2.75, 3.05) is 25.0 Å². The van der Waals surface area contributed by atoms with E-state index >= 15 is 0 Å². The van der Waals surface area contributed by atoms with Gasteiger partial charge in [0.1, 0.15) is 6.17 Å². The number of nitrogens with zero attached hydrogens (tertiary/aromatic N) is 6. The highest BCUT2D eigenvalue weighted by molar-refractivity contribution is 5.90. The first-order valence-corrected chi connectivity index (χ1v) is 7.97. The molecule has 0 saturated carbocycles. The summed E-state index contributed by atoms with van der Waals surface area (Å²) in [5.41, 5.74) is 0. The van der Waals surface area contributed by atoms with Gasteiger partial charge in [0, 0.05) is 45.9 Å². The van der Waals surface area contributed by atoms with Crippen LogP contribution in [0.1, 0.15) is 29.9 Å². The van der Waals surface area contributed by atoms with E-state index in [0.29, 0.717) is 37.2 Å². The molecule has 3 rings (SSSR count). The summed E-state index contributed by atoms with van der Waals surface area (Å²) in [4.78, 5) is 20.0. The molecule has 9 heteroatoms. The van der Waals surface area contributed by atoms with Crippen molar-refractivity contribution in [3.63, 3.8) is 0 Å². The summed E-state index contributed by atoms with van der Waals surface area (Å²) in [7, 11) is 1.69. The van der Waals surface area contributed by atoms with Crippen LogP contribution in [-0.2, 0) is 6.54 Å². The van der Waals surface area contributed by atoms with E-state index in [0.717, 1.165) is 0 Å². The van der Waals surface area contributed by atoms with Crippen molar-refractivity contribution in [1.82, 2.24) is 24.6 Å². The molecule has 1 saturated heterocycles. The van der Waals surface area contributed by atoms with Gasteiger partial charge in [-0.1, -0.05) is 5.10 Å². The number of rotatable bonds is 5. The molecule has 0 N–H and O–H groups in total. The van der Waals surface area contributed by atoms with Gasteiger partial charge >= 0.3 is 6.01 Å². The number of anilines is 1. The predicted octanol–water partition coefficient (Wildman–Crippen LogP) is 1.28. The van der Waals surface area contributed by atoms with Gasteiger partial charge in [-0.05, 0) is 6.92 Å². The third kappa shape index (κ3) is 3.10. The number of hydrogen-bond acceptors (Lipinski definition) is 6. The Labute approximate surface area is 139 Å². The summed E-state index contributed by atoms with van der Waals surface area (Å²) in [6.45, 7) is 4.85. The number of aromatic nitrogens is 4. The van der Waals surface area contributed by atoms with E-state index in [9.17, 15) is 9.18 Å². The maximum absolute atomic E-state index is 13.9. The fourth-order valence-electron chi connectivity index (χ4n) is 3.00. The molecule has 0 radical (unpaired) electrons. The van der Waals surface area contributed by atoms with Gasteiger partial charge in [0.15, 0.2) is 5.82 Å². The maximum atomic E-state index is 13.9. The lowest BCUT2D eigenvalue weighted by Gasteiger charge is -2.26. The van der Waals surface area contributed by atoms with Crippen LogP contribution in [0.5, 0.6) is 0 Å². The Morgan fingerprint density at radius 2 is 2.29 bits per heavy atom. The number of alkyl halides is 1. The molecule has 1 aliphatic heterocycles. The minimum absolute atomic E-state index is 0.189. The van der Waals surface area contributed by atoms with Crippen molar-refractivity contribution >= 4 is 11.9 Å². The summed E-state index contributed by atoms with van der Waals surface area (Å²) >= 11 is 0. The van der Waals surface area contributed by atoms with Crippen molar-refractivity contribution in [1.29, 1.82) is 0 Å². The molecule has 130 valence electrons. The Kier molecular flexibility index (Phi) is 4.50. The van der Waals surface area contributed by atoms with Gasteiger partial charge in [-0.15, -0.1) is 5.10 Å². The molecule has 0 bridgehead atoms. The average Bonchev–Trinajstić information content (AvgIpc) is 3.26. The number of amides is 1. The first-order chi connectivity index (χ1) is 11.5. The Bertz CT molecular complexity index is 714. The molecule has 2 aromatic rings. The quantitative estimate of drug-likeness (QED) is 0.818. The zero-order valence-corrected chi connectivity index (χ0v) is 14.0. The Balaban J connectivity index is 1.72. The largest absolute Gasteiger partial charge is 0.408 e. The molecule has 1 amide bonds. The van der Waals surface area contributed by atoms with Gasteiger partial charge in [0.2, 0.25) is 5.89 Å². The molecule has 0 spiro atoms. The Hall–Kier alpha value is -2.45. The first-order valence-electron chi connectivity index (χ1n) is 7.97. The van der Waals surface area contributed by atoms with Gasteiger partial charge in [-0.3, -0.25) is 4.79 Å². The lowest BCUT2D eigenvalue weighted by molar-refractivity contribution is 0.0768. The molecule has 1 aliphatic rings. The molecule has 1 fully saturated rings. The van der Waals surface area contributed by atoms with Crippen LogP contribution in [0.15, 0.2) is 16.8 Å². The zero-order valence-electron chi connectivity index (χ0n) is 14.0. The zero-order chi connectivity index (χ0) is 17.3. The molecule has 0 aromatic carbocycles. The number of imidazole rings is 1.